The van der Waals surface area contributed by atoms with Gasteiger partial charge in [-0.2, -0.15) is 0 Å². The Kier molecular flexibility index (Phi) is 4.22. The van der Waals surface area contributed by atoms with Crippen molar-refractivity contribution in [2.24, 2.45) is 0 Å². The van der Waals surface area contributed by atoms with Crippen LogP contribution in [0, 0.1) is 13.8 Å². The number of hydrogen-bond donors (Lipinski definition) is 1. The van der Waals surface area contributed by atoms with Crippen molar-refractivity contribution in [3.05, 3.63) is 56.8 Å². The van der Waals surface area contributed by atoms with Gasteiger partial charge in [0.05, 0.1) is 11.9 Å². The van der Waals surface area contributed by atoms with Gasteiger partial charge in [-0.25, -0.2) is 4.98 Å². The Hall–Kier alpha value is -1.39. The second-order valence-electron chi connectivity index (χ2n) is 4.25. The Morgan fingerprint density at radius 3 is 2.68 bits per heavy atom. The average Bonchev–Trinajstić information content (AvgIpc) is 2.36. The number of nitrogens with zero attached hydrogens (tertiary/aromatic N) is 1. The molecule has 1 amide bonds. The fourth-order valence-electron chi connectivity index (χ4n) is 1.66. The molecule has 0 bridgehead atoms. The van der Waals surface area contributed by atoms with Crippen LogP contribution >= 0.6 is 27.5 Å². The lowest BCUT2D eigenvalue weighted by molar-refractivity contribution is 0.102. The quantitative estimate of drug-likeness (QED) is 0.826. The van der Waals surface area contributed by atoms with E-state index >= 15 is 0 Å². The highest BCUT2D eigenvalue weighted by Gasteiger charge is 2.10. The highest BCUT2D eigenvalue weighted by atomic mass is 79.9. The molecule has 0 atom stereocenters. The number of carbonyl (C=O) groups excluding carboxylic acids is 1. The van der Waals surface area contributed by atoms with Crippen molar-refractivity contribution in [1.29, 1.82) is 0 Å². The largest absolute Gasteiger partial charge is 0.321 e. The van der Waals surface area contributed by atoms with Crippen molar-refractivity contribution in [1.82, 2.24) is 4.98 Å². The van der Waals surface area contributed by atoms with Gasteiger partial charge in [-0.05, 0) is 59.1 Å². The van der Waals surface area contributed by atoms with Crippen molar-refractivity contribution < 1.29 is 4.79 Å². The molecule has 1 aromatic heterocycles. The van der Waals surface area contributed by atoms with Gasteiger partial charge >= 0.3 is 0 Å². The van der Waals surface area contributed by atoms with Crippen LogP contribution in [0.2, 0.25) is 5.02 Å². The summed E-state index contributed by atoms with van der Waals surface area (Å²) >= 11 is 9.23. The van der Waals surface area contributed by atoms with Gasteiger partial charge in [-0.3, -0.25) is 4.79 Å². The number of aromatic nitrogens is 1. The van der Waals surface area contributed by atoms with Gasteiger partial charge in [0.25, 0.3) is 5.91 Å². The van der Waals surface area contributed by atoms with Crippen LogP contribution in [0.15, 0.2) is 35.1 Å². The van der Waals surface area contributed by atoms with E-state index in [1.54, 1.807) is 18.3 Å². The molecular weight excluding hydrogens is 328 g/mol. The summed E-state index contributed by atoms with van der Waals surface area (Å²) in [6.07, 6.45) is 1.61. The van der Waals surface area contributed by atoms with Crippen LogP contribution in [0.5, 0.6) is 0 Å². The van der Waals surface area contributed by atoms with Crippen LogP contribution in [0.4, 0.5) is 5.69 Å². The number of amides is 1. The van der Waals surface area contributed by atoms with E-state index in [0.29, 0.717) is 16.3 Å². The summed E-state index contributed by atoms with van der Waals surface area (Å²) < 4.78 is 0.768. The first-order valence-corrected chi connectivity index (χ1v) is 6.84. The fraction of sp³-hybridized carbons (Fsp3) is 0.143. The van der Waals surface area contributed by atoms with E-state index in [1.807, 2.05) is 26.0 Å². The summed E-state index contributed by atoms with van der Waals surface area (Å²) in [7, 11) is 0. The number of halogens is 2. The van der Waals surface area contributed by atoms with Gasteiger partial charge in [-0.1, -0.05) is 17.7 Å². The molecule has 98 valence electrons. The van der Waals surface area contributed by atoms with Gasteiger partial charge in [0.1, 0.15) is 4.60 Å². The van der Waals surface area contributed by atoms with Crippen molar-refractivity contribution in [2.45, 2.75) is 13.8 Å². The van der Waals surface area contributed by atoms with E-state index in [9.17, 15) is 4.79 Å². The summed E-state index contributed by atoms with van der Waals surface area (Å²) in [4.78, 5) is 16.3. The summed E-state index contributed by atoms with van der Waals surface area (Å²) in [5.41, 5.74) is 3.06. The number of nitrogens with one attached hydrogen (secondary N) is 1. The Labute approximate surface area is 125 Å². The topological polar surface area (TPSA) is 42.0 Å². The zero-order valence-corrected chi connectivity index (χ0v) is 12.8. The molecule has 0 unspecified atom stereocenters. The zero-order valence-electron chi connectivity index (χ0n) is 10.5. The molecule has 0 aliphatic heterocycles. The zero-order chi connectivity index (χ0) is 14.0. The molecule has 19 heavy (non-hydrogen) atoms. The third kappa shape index (κ3) is 3.33. The van der Waals surface area contributed by atoms with Gasteiger partial charge < -0.3 is 5.32 Å². The first kappa shape index (κ1) is 14.0. The van der Waals surface area contributed by atoms with Crippen LogP contribution in [0.1, 0.15) is 21.5 Å². The molecular formula is C14H12BrClN2O. The molecule has 1 heterocycles. The fourth-order valence-corrected chi connectivity index (χ4v) is 2.05. The lowest BCUT2D eigenvalue weighted by Gasteiger charge is -2.09. The summed E-state index contributed by atoms with van der Waals surface area (Å²) in [5.74, 6) is -0.191. The molecule has 3 nitrogen and oxygen atoms in total. The molecule has 5 heteroatoms. The lowest BCUT2D eigenvalue weighted by atomic mass is 10.1. The highest BCUT2D eigenvalue weighted by Crippen LogP contribution is 2.19. The molecule has 2 aromatic rings. The predicted octanol–water partition coefficient (Wildman–Crippen LogP) is 4.37. The molecule has 0 saturated heterocycles. The Bertz CT molecular complexity index is 643. The van der Waals surface area contributed by atoms with Gasteiger partial charge in [-0.15, -0.1) is 0 Å². The van der Waals surface area contributed by atoms with E-state index in [2.05, 4.69) is 26.2 Å². The molecule has 0 radical (unpaired) electrons. The monoisotopic (exact) mass is 338 g/mol. The maximum absolute atomic E-state index is 12.2. The summed E-state index contributed by atoms with van der Waals surface area (Å²) in [6, 6.07) is 7.10. The number of carbonyl (C=O) groups is 1. The smallest absolute Gasteiger partial charge is 0.256 e. The Morgan fingerprint density at radius 1 is 1.26 bits per heavy atom. The minimum Gasteiger partial charge on any atom is -0.321 e. The first-order chi connectivity index (χ1) is 8.97. The van der Waals surface area contributed by atoms with Crippen LogP contribution in [-0.2, 0) is 0 Å². The Balaban J connectivity index is 2.25. The van der Waals surface area contributed by atoms with Crippen molar-refractivity contribution in [2.75, 3.05) is 5.32 Å². The van der Waals surface area contributed by atoms with Gasteiger partial charge in [0.2, 0.25) is 0 Å². The van der Waals surface area contributed by atoms with Crippen LogP contribution in [0.25, 0.3) is 0 Å². The minimum atomic E-state index is -0.191. The van der Waals surface area contributed by atoms with E-state index in [0.717, 1.165) is 15.7 Å². The third-order valence-electron chi connectivity index (χ3n) is 2.72. The van der Waals surface area contributed by atoms with E-state index in [-0.39, 0.29) is 5.91 Å². The average molecular weight is 340 g/mol. The van der Waals surface area contributed by atoms with E-state index in [1.165, 1.54) is 0 Å². The highest BCUT2D eigenvalue weighted by molar-refractivity contribution is 9.10. The van der Waals surface area contributed by atoms with Crippen molar-refractivity contribution in [3.8, 4) is 0 Å². The molecule has 2 rings (SSSR count). The van der Waals surface area contributed by atoms with Gasteiger partial charge in [0.15, 0.2) is 0 Å². The molecule has 0 spiro atoms. The van der Waals surface area contributed by atoms with E-state index in [4.69, 9.17) is 11.6 Å². The number of rotatable bonds is 2. The first-order valence-electron chi connectivity index (χ1n) is 5.67. The number of pyridine rings is 1. The van der Waals surface area contributed by atoms with Crippen LogP contribution < -0.4 is 5.32 Å². The summed E-state index contributed by atoms with van der Waals surface area (Å²) in [5, 5.41) is 3.36. The van der Waals surface area contributed by atoms with Crippen LogP contribution in [-0.4, -0.2) is 10.9 Å². The molecule has 0 saturated carbocycles. The number of benzene rings is 1. The normalized spacial score (nSPS) is 10.3. The van der Waals surface area contributed by atoms with Crippen molar-refractivity contribution >= 4 is 39.1 Å². The van der Waals surface area contributed by atoms with Crippen LogP contribution in [0.3, 0.4) is 0 Å². The molecule has 0 aliphatic rings. The second-order valence-corrected chi connectivity index (χ2v) is 5.43. The number of anilines is 1. The maximum Gasteiger partial charge on any atom is 0.256 e. The molecule has 0 aliphatic carbocycles. The number of hydrogen-bond acceptors (Lipinski definition) is 2. The SMILES string of the molecule is Cc1ccc(Cl)cc1C(=O)Nc1cnc(Br)c(C)c1. The molecule has 0 fully saturated rings. The standard InChI is InChI=1S/C14H12BrClN2O/c1-8-3-4-10(16)6-12(8)14(19)18-11-5-9(2)13(15)17-7-11/h3-7H,1-2H3,(H,18,19). The Morgan fingerprint density at radius 2 is 2.00 bits per heavy atom. The third-order valence-corrected chi connectivity index (χ3v) is 3.78. The molecule has 1 aromatic carbocycles. The minimum absolute atomic E-state index is 0.191. The predicted molar refractivity (Wildman–Crippen MR) is 80.8 cm³/mol. The van der Waals surface area contributed by atoms with Crippen molar-refractivity contribution in [3.63, 3.8) is 0 Å². The molecule has 1 N–H and O–H groups in total. The summed E-state index contributed by atoms with van der Waals surface area (Å²) in [6.45, 7) is 3.79. The number of aryl methyl sites for hydroxylation is 2. The maximum atomic E-state index is 12.2. The second kappa shape index (κ2) is 5.72. The van der Waals surface area contributed by atoms with Gasteiger partial charge in [0, 0.05) is 10.6 Å². The van der Waals surface area contributed by atoms with E-state index < -0.39 is 0 Å². The lowest BCUT2D eigenvalue weighted by Crippen LogP contribution is -2.13.